The van der Waals surface area contributed by atoms with Crippen molar-refractivity contribution < 1.29 is 24.9 Å². The quantitative estimate of drug-likeness (QED) is 0.0970. The molecule has 0 aliphatic rings. The molecule has 0 radical (unpaired) electrons. The summed E-state index contributed by atoms with van der Waals surface area (Å²) in [6.07, 6.45) is 20.5. The molecule has 38 heavy (non-hydrogen) atoms. The van der Waals surface area contributed by atoms with Crippen LogP contribution < -0.4 is 0 Å². The van der Waals surface area contributed by atoms with Gasteiger partial charge in [0, 0.05) is 5.75 Å². The smallest absolute Gasteiger partial charge is 0.335 e. The van der Waals surface area contributed by atoms with E-state index in [4.69, 9.17) is 5.11 Å². The topological polar surface area (TPSA) is 94.8 Å². The van der Waals surface area contributed by atoms with Gasteiger partial charge in [0.1, 0.15) is 0 Å². The predicted octanol–water partition coefficient (Wildman–Crippen LogP) is 7.64. The number of thioether (sulfide) groups is 1. The lowest BCUT2D eigenvalue weighted by Gasteiger charge is -2.20. The molecule has 3 N–H and O–H groups in total. The van der Waals surface area contributed by atoms with Crippen LogP contribution in [0.15, 0.2) is 91.1 Å². The average Bonchev–Trinajstić information content (AvgIpc) is 2.92. The summed E-state index contributed by atoms with van der Waals surface area (Å²) in [6.45, 7) is 0. The zero-order valence-electron chi connectivity index (χ0n) is 22.0. The first-order chi connectivity index (χ1) is 18.5. The zero-order chi connectivity index (χ0) is 27.4. The van der Waals surface area contributed by atoms with Crippen molar-refractivity contribution in [2.24, 2.45) is 0 Å². The van der Waals surface area contributed by atoms with E-state index in [9.17, 15) is 19.8 Å². The molecule has 0 heterocycles. The van der Waals surface area contributed by atoms with Gasteiger partial charge in [-0.05, 0) is 61.8 Å². The molecule has 6 heteroatoms. The normalized spacial score (nSPS) is 13.4. The number of allylic oxidation sites excluding steroid dienone is 5. The van der Waals surface area contributed by atoms with Gasteiger partial charge in [-0.25, -0.2) is 4.79 Å². The highest BCUT2D eigenvalue weighted by molar-refractivity contribution is 8.00. The van der Waals surface area contributed by atoms with E-state index in [2.05, 4.69) is 42.5 Å². The third kappa shape index (κ3) is 13.5. The molecule has 0 saturated heterocycles. The van der Waals surface area contributed by atoms with Crippen LogP contribution in [0.5, 0.6) is 0 Å². The lowest BCUT2D eigenvalue weighted by molar-refractivity contribution is -0.136. The Hall–Kier alpha value is -3.09. The average molecular weight is 537 g/mol. The number of benzene rings is 2. The molecular weight excluding hydrogens is 496 g/mol. The molecule has 2 rings (SSSR count). The van der Waals surface area contributed by atoms with Crippen LogP contribution in [0.1, 0.15) is 79.0 Å². The highest BCUT2D eigenvalue weighted by atomic mass is 32.2. The number of carbonyl (C=O) groups is 2. The van der Waals surface area contributed by atoms with Gasteiger partial charge in [-0.1, -0.05) is 91.8 Å². The predicted molar refractivity (Wildman–Crippen MR) is 157 cm³/mol. The fourth-order valence-corrected chi connectivity index (χ4v) is 5.04. The number of hydrogen-bond donors (Lipinski definition) is 3. The molecule has 204 valence electrons. The van der Waals surface area contributed by atoms with Crippen LogP contribution in [0.3, 0.4) is 0 Å². The van der Waals surface area contributed by atoms with E-state index in [0.717, 1.165) is 32.1 Å². The number of aromatic carboxylic acids is 1. The van der Waals surface area contributed by atoms with Gasteiger partial charge >= 0.3 is 11.9 Å². The summed E-state index contributed by atoms with van der Waals surface area (Å²) in [5.41, 5.74) is 1.99. The molecule has 0 spiro atoms. The van der Waals surface area contributed by atoms with Gasteiger partial charge in [0.25, 0.3) is 0 Å². The Bertz CT molecular complexity index is 1040. The monoisotopic (exact) mass is 536 g/mol. The minimum atomic E-state index is -1.05. The Labute approximate surface area is 231 Å². The molecule has 2 aromatic rings. The maximum absolute atomic E-state index is 11.3. The Morgan fingerprint density at radius 3 is 2.24 bits per heavy atom. The van der Waals surface area contributed by atoms with Crippen molar-refractivity contribution in [2.75, 3.05) is 5.75 Å². The molecule has 2 atom stereocenters. The van der Waals surface area contributed by atoms with E-state index in [0.29, 0.717) is 11.3 Å². The molecule has 0 unspecified atom stereocenters. The lowest BCUT2D eigenvalue weighted by Crippen LogP contribution is -2.15. The van der Waals surface area contributed by atoms with Crippen molar-refractivity contribution in [2.45, 2.75) is 69.1 Å². The molecule has 2 aromatic carbocycles. The first-order valence-corrected chi connectivity index (χ1v) is 14.4. The molecule has 0 fully saturated rings. The molecule has 0 amide bonds. The molecule has 5 nitrogen and oxygen atoms in total. The number of aliphatic carboxylic acids is 1. The van der Waals surface area contributed by atoms with Crippen molar-refractivity contribution in [1.29, 1.82) is 0 Å². The Kier molecular flexibility index (Phi) is 15.6. The molecule has 0 saturated carbocycles. The summed E-state index contributed by atoms with van der Waals surface area (Å²) in [6, 6.07) is 16.8. The van der Waals surface area contributed by atoms with Crippen molar-refractivity contribution in [3.05, 3.63) is 108 Å². The number of carboxylic acids is 2. The van der Waals surface area contributed by atoms with Crippen LogP contribution >= 0.6 is 11.8 Å². The van der Waals surface area contributed by atoms with Gasteiger partial charge in [0.15, 0.2) is 0 Å². The number of aryl methyl sites for hydroxylation is 1. The van der Waals surface area contributed by atoms with Crippen molar-refractivity contribution >= 4 is 23.7 Å². The van der Waals surface area contributed by atoms with E-state index >= 15 is 0 Å². The fraction of sp³-hybridized carbons (Fsp3) is 0.375. The second kappa shape index (κ2) is 19.0. The van der Waals surface area contributed by atoms with Crippen LogP contribution in [0, 0.1) is 0 Å². The largest absolute Gasteiger partial charge is 0.481 e. The third-order valence-corrected chi connectivity index (χ3v) is 7.30. The Morgan fingerprint density at radius 2 is 1.53 bits per heavy atom. The zero-order valence-corrected chi connectivity index (χ0v) is 22.8. The highest BCUT2D eigenvalue weighted by Crippen LogP contribution is 2.29. The van der Waals surface area contributed by atoms with Crippen LogP contribution in [0.25, 0.3) is 0 Å². The Balaban J connectivity index is 1.68. The summed E-state index contributed by atoms with van der Waals surface area (Å²) < 4.78 is 0. The van der Waals surface area contributed by atoms with Crippen LogP contribution in [0.4, 0.5) is 0 Å². The van der Waals surface area contributed by atoms with Crippen molar-refractivity contribution in [3.8, 4) is 0 Å². The van der Waals surface area contributed by atoms with E-state index in [-0.39, 0.29) is 17.2 Å². The van der Waals surface area contributed by atoms with Gasteiger partial charge < -0.3 is 15.3 Å². The van der Waals surface area contributed by atoms with Crippen molar-refractivity contribution in [1.82, 2.24) is 0 Å². The van der Waals surface area contributed by atoms with Crippen molar-refractivity contribution in [3.63, 3.8) is 0 Å². The van der Waals surface area contributed by atoms with Gasteiger partial charge in [-0.3, -0.25) is 4.79 Å². The summed E-state index contributed by atoms with van der Waals surface area (Å²) >= 11 is 1.35. The molecular formula is C32H40O5S. The fourth-order valence-electron chi connectivity index (χ4n) is 3.94. The number of unbranched alkanes of at least 4 members (excludes halogenated alkanes) is 5. The van der Waals surface area contributed by atoms with Gasteiger partial charge in [-0.15, -0.1) is 0 Å². The minimum absolute atomic E-state index is 0.00376. The molecule has 0 bridgehead atoms. The third-order valence-electron chi connectivity index (χ3n) is 6.06. The standard InChI is InChI=1S/C32H40O5S/c33-30(34)23-24-38-29(31(35)27-20-16-21-28(25-27)32(36)37)22-15-10-8-6-4-2-1-3-5-7-9-12-17-26-18-13-11-14-19-26/h7-11,13-16,18-22,25,29,31,35H,1-6,12,17,23-24H2,(H,33,34)(H,36,37)/b9-7-,10-8-,22-15+/t29-,31+/m1/s1. The summed E-state index contributed by atoms with van der Waals surface area (Å²) in [7, 11) is 0. The van der Waals surface area contributed by atoms with Crippen LogP contribution in [-0.4, -0.2) is 38.3 Å². The summed E-state index contributed by atoms with van der Waals surface area (Å²) in [5, 5.41) is 28.6. The maximum Gasteiger partial charge on any atom is 0.335 e. The summed E-state index contributed by atoms with van der Waals surface area (Å²) in [4.78, 5) is 22.2. The number of aliphatic hydroxyl groups excluding tert-OH is 1. The number of carboxylic acid groups (broad SMARTS) is 2. The van der Waals surface area contributed by atoms with Crippen LogP contribution in [0.2, 0.25) is 0 Å². The summed E-state index contributed by atoms with van der Waals surface area (Å²) in [5.74, 6) is -1.59. The van der Waals surface area contributed by atoms with Gasteiger partial charge in [0.2, 0.25) is 0 Å². The van der Waals surface area contributed by atoms with Gasteiger partial charge in [-0.2, -0.15) is 11.8 Å². The Morgan fingerprint density at radius 1 is 0.816 bits per heavy atom. The molecule has 0 aliphatic heterocycles. The first-order valence-electron chi connectivity index (χ1n) is 13.3. The van der Waals surface area contributed by atoms with Crippen LogP contribution in [-0.2, 0) is 11.2 Å². The number of rotatable bonds is 19. The minimum Gasteiger partial charge on any atom is -0.481 e. The molecule has 0 aromatic heterocycles. The number of aliphatic hydroxyl groups is 1. The highest BCUT2D eigenvalue weighted by Gasteiger charge is 2.20. The first kappa shape index (κ1) is 31.1. The van der Waals surface area contributed by atoms with Gasteiger partial charge in [0.05, 0.1) is 23.3 Å². The lowest BCUT2D eigenvalue weighted by atomic mass is 10.0. The van der Waals surface area contributed by atoms with E-state index < -0.39 is 18.0 Å². The van der Waals surface area contributed by atoms with E-state index in [1.807, 2.05) is 24.3 Å². The van der Waals surface area contributed by atoms with E-state index in [1.54, 1.807) is 12.1 Å². The van der Waals surface area contributed by atoms with E-state index in [1.165, 1.54) is 48.7 Å². The maximum atomic E-state index is 11.3. The second-order valence-corrected chi connectivity index (χ2v) is 10.4. The number of hydrogen-bond acceptors (Lipinski definition) is 4. The molecule has 0 aliphatic carbocycles. The second-order valence-electron chi connectivity index (χ2n) is 9.15. The SMILES string of the molecule is O=C(O)CCS[C@H](/C=C/C=C\CCCCCC/C=C\CCc1ccccc1)[C@@H](O)c1cccc(C(=O)O)c1.